The van der Waals surface area contributed by atoms with Crippen LogP contribution in [0.5, 0.6) is 0 Å². The van der Waals surface area contributed by atoms with Gasteiger partial charge in [0.25, 0.3) is 0 Å². The average molecular weight is 258 g/mol. The number of benzene rings is 1. The van der Waals surface area contributed by atoms with Gasteiger partial charge in [0.15, 0.2) is 0 Å². The van der Waals surface area contributed by atoms with Crippen LogP contribution in [-0.4, -0.2) is 20.5 Å². The fourth-order valence-corrected chi connectivity index (χ4v) is 2.22. The molecule has 17 heavy (non-hydrogen) atoms. The predicted octanol–water partition coefficient (Wildman–Crippen LogP) is 2.61. The molecule has 0 fully saturated rings. The zero-order valence-electron chi connectivity index (χ0n) is 9.76. The van der Waals surface area contributed by atoms with Crippen LogP contribution in [0.4, 0.5) is 4.39 Å². The number of hydrogen-bond donors (Lipinski definition) is 0. The van der Waals surface area contributed by atoms with Crippen LogP contribution in [0.2, 0.25) is 0 Å². The number of rotatable bonds is 5. The molecule has 0 amide bonds. The molecule has 1 atom stereocenters. The third-order valence-electron chi connectivity index (χ3n) is 2.14. The van der Waals surface area contributed by atoms with Crippen LogP contribution in [0.3, 0.4) is 0 Å². The Hall–Kier alpha value is -1.36. The minimum absolute atomic E-state index is 0.0308. The number of sulfone groups is 1. The molecule has 3 nitrogen and oxygen atoms in total. The van der Waals surface area contributed by atoms with Crippen molar-refractivity contribution in [2.75, 3.05) is 6.61 Å². The van der Waals surface area contributed by atoms with Gasteiger partial charge < -0.3 is 4.74 Å². The molecule has 0 N–H and O–H groups in total. The van der Waals surface area contributed by atoms with Crippen molar-refractivity contribution >= 4 is 9.84 Å². The highest BCUT2D eigenvalue weighted by atomic mass is 32.2. The van der Waals surface area contributed by atoms with Crippen LogP contribution >= 0.6 is 0 Å². The molecule has 5 heteroatoms. The third kappa shape index (κ3) is 3.56. The van der Waals surface area contributed by atoms with Gasteiger partial charge in [-0.1, -0.05) is 17.7 Å². The SMILES string of the molecule is CCO/C=C/C(F)S(=O)(=O)c1ccc(C)cc1. The zero-order valence-corrected chi connectivity index (χ0v) is 10.6. The summed E-state index contributed by atoms with van der Waals surface area (Å²) in [5.74, 6) is 0. The molecule has 1 aromatic rings. The van der Waals surface area contributed by atoms with Crippen molar-refractivity contribution in [2.24, 2.45) is 0 Å². The molecule has 0 aromatic heterocycles. The molecular weight excluding hydrogens is 243 g/mol. The molecule has 0 heterocycles. The minimum Gasteiger partial charge on any atom is -0.502 e. The van der Waals surface area contributed by atoms with Crippen molar-refractivity contribution in [1.29, 1.82) is 0 Å². The van der Waals surface area contributed by atoms with Crippen molar-refractivity contribution in [1.82, 2.24) is 0 Å². The summed E-state index contributed by atoms with van der Waals surface area (Å²) in [6.45, 7) is 3.93. The zero-order chi connectivity index (χ0) is 12.9. The fourth-order valence-electron chi connectivity index (χ4n) is 1.17. The summed E-state index contributed by atoms with van der Waals surface area (Å²) in [6, 6.07) is 6.05. The van der Waals surface area contributed by atoms with Crippen molar-refractivity contribution in [2.45, 2.75) is 24.2 Å². The third-order valence-corrected chi connectivity index (χ3v) is 3.82. The normalized spacial score (nSPS) is 13.8. The number of alkyl halides is 1. The Balaban J connectivity index is 2.91. The van der Waals surface area contributed by atoms with Crippen LogP contribution in [-0.2, 0) is 14.6 Å². The van der Waals surface area contributed by atoms with Gasteiger partial charge in [-0.05, 0) is 32.1 Å². The molecule has 1 aromatic carbocycles. The maximum absolute atomic E-state index is 13.5. The Morgan fingerprint density at radius 3 is 2.47 bits per heavy atom. The predicted molar refractivity (Wildman–Crippen MR) is 64.0 cm³/mol. The van der Waals surface area contributed by atoms with Crippen LogP contribution in [0.15, 0.2) is 41.5 Å². The molecule has 0 aliphatic heterocycles. The highest BCUT2D eigenvalue weighted by Gasteiger charge is 2.24. The second-order valence-corrected chi connectivity index (χ2v) is 5.50. The van der Waals surface area contributed by atoms with Gasteiger partial charge in [0.05, 0.1) is 17.8 Å². The van der Waals surface area contributed by atoms with E-state index < -0.39 is 15.3 Å². The van der Waals surface area contributed by atoms with E-state index in [0.717, 1.165) is 17.9 Å². The van der Waals surface area contributed by atoms with E-state index in [9.17, 15) is 12.8 Å². The first-order valence-corrected chi connectivity index (χ1v) is 6.76. The lowest BCUT2D eigenvalue weighted by Crippen LogP contribution is -2.14. The Morgan fingerprint density at radius 1 is 1.35 bits per heavy atom. The Labute approximate surface area is 101 Å². The maximum Gasteiger partial charge on any atom is 0.226 e. The summed E-state index contributed by atoms with van der Waals surface area (Å²) in [4.78, 5) is -0.0308. The van der Waals surface area contributed by atoms with E-state index in [4.69, 9.17) is 4.74 Å². The van der Waals surface area contributed by atoms with Crippen molar-refractivity contribution in [3.8, 4) is 0 Å². The molecule has 0 aliphatic carbocycles. The van der Waals surface area contributed by atoms with Gasteiger partial charge in [0, 0.05) is 0 Å². The standard InChI is InChI=1S/C12H15FO3S/c1-3-16-9-8-12(13)17(14,15)11-6-4-10(2)5-7-11/h4-9,12H,3H2,1-2H3/b9-8+. The monoisotopic (exact) mass is 258 g/mol. The van der Waals surface area contributed by atoms with Crippen molar-refractivity contribution < 1.29 is 17.5 Å². The number of halogens is 1. The molecule has 0 radical (unpaired) electrons. The smallest absolute Gasteiger partial charge is 0.226 e. The van der Waals surface area contributed by atoms with E-state index in [1.165, 1.54) is 12.1 Å². The van der Waals surface area contributed by atoms with Crippen molar-refractivity contribution in [3.63, 3.8) is 0 Å². The number of hydrogen-bond acceptors (Lipinski definition) is 3. The first kappa shape index (κ1) is 13.7. The van der Waals surface area contributed by atoms with Gasteiger partial charge in [-0.25, -0.2) is 12.8 Å². The lowest BCUT2D eigenvalue weighted by molar-refractivity contribution is 0.266. The highest BCUT2D eigenvalue weighted by molar-refractivity contribution is 7.92. The minimum atomic E-state index is -3.97. The lowest BCUT2D eigenvalue weighted by atomic mass is 10.2. The van der Waals surface area contributed by atoms with E-state index in [2.05, 4.69) is 0 Å². The molecule has 0 saturated heterocycles. The Bertz CT molecular complexity index is 477. The van der Waals surface area contributed by atoms with Gasteiger partial charge in [0.1, 0.15) is 0 Å². The molecule has 0 bridgehead atoms. The van der Waals surface area contributed by atoms with Gasteiger partial charge >= 0.3 is 0 Å². The first-order valence-electron chi connectivity index (χ1n) is 5.21. The van der Waals surface area contributed by atoms with Crippen LogP contribution in [0.1, 0.15) is 12.5 Å². The quantitative estimate of drug-likeness (QED) is 0.762. The van der Waals surface area contributed by atoms with Crippen LogP contribution < -0.4 is 0 Å². The van der Waals surface area contributed by atoms with Gasteiger partial charge in [-0.2, -0.15) is 0 Å². The van der Waals surface area contributed by atoms with E-state index in [1.54, 1.807) is 19.1 Å². The Morgan fingerprint density at radius 2 is 1.94 bits per heavy atom. The number of aryl methyl sites for hydroxylation is 1. The first-order chi connectivity index (χ1) is 7.98. The van der Waals surface area contributed by atoms with Crippen LogP contribution in [0.25, 0.3) is 0 Å². The highest BCUT2D eigenvalue weighted by Crippen LogP contribution is 2.18. The average Bonchev–Trinajstić information content (AvgIpc) is 2.29. The molecule has 1 rings (SSSR count). The number of ether oxygens (including phenoxy) is 1. The van der Waals surface area contributed by atoms with E-state index in [-0.39, 0.29) is 4.90 Å². The molecule has 94 valence electrons. The Kier molecular flexibility index (Phi) is 4.69. The van der Waals surface area contributed by atoms with E-state index in [0.29, 0.717) is 6.61 Å². The molecule has 1 unspecified atom stereocenters. The van der Waals surface area contributed by atoms with Crippen molar-refractivity contribution in [3.05, 3.63) is 42.2 Å². The summed E-state index contributed by atoms with van der Waals surface area (Å²) < 4.78 is 41.8. The summed E-state index contributed by atoms with van der Waals surface area (Å²) >= 11 is 0. The van der Waals surface area contributed by atoms with E-state index in [1.807, 2.05) is 6.92 Å². The summed E-state index contributed by atoms with van der Waals surface area (Å²) in [5.41, 5.74) is -1.17. The maximum atomic E-state index is 13.5. The summed E-state index contributed by atoms with van der Waals surface area (Å²) in [5, 5.41) is 0. The summed E-state index contributed by atoms with van der Waals surface area (Å²) in [6.07, 6.45) is 1.95. The van der Waals surface area contributed by atoms with Gasteiger partial charge in [-0.3, -0.25) is 0 Å². The molecule has 0 spiro atoms. The lowest BCUT2D eigenvalue weighted by Gasteiger charge is -2.06. The fraction of sp³-hybridized carbons (Fsp3) is 0.333. The largest absolute Gasteiger partial charge is 0.502 e. The molecular formula is C12H15FO3S. The van der Waals surface area contributed by atoms with Gasteiger partial charge in [-0.15, -0.1) is 0 Å². The van der Waals surface area contributed by atoms with Crippen LogP contribution in [0, 0.1) is 6.92 Å². The molecule has 0 saturated carbocycles. The second kappa shape index (κ2) is 5.82. The summed E-state index contributed by atoms with van der Waals surface area (Å²) in [7, 11) is -3.97. The topological polar surface area (TPSA) is 43.4 Å². The second-order valence-electron chi connectivity index (χ2n) is 3.49. The molecule has 0 aliphatic rings. The van der Waals surface area contributed by atoms with Gasteiger partial charge in [0.2, 0.25) is 15.3 Å². The van der Waals surface area contributed by atoms with E-state index >= 15 is 0 Å².